The normalized spacial score (nSPS) is 48.5. The van der Waals surface area contributed by atoms with Crippen LogP contribution in [0.4, 0.5) is 0 Å². The van der Waals surface area contributed by atoms with Gasteiger partial charge in [-0.1, -0.05) is 0 Å². The average Bonchev–Trinajstić information content (AvgIpc) is 3.10. The van der Waals surface area contributed by atoms with Gasteiger partial charge in [0.05, 0.1) is 0 Å². The molecule has 6 atom stereocenters. The molecule has 0 aromatic rings. The summed E-state index contributed by atoms with van der Waals surface area (Å²) in [6.07, 6.45) is 11.9. The molecule has 0 radical (unpaired) electrons. The molecule has 0 heterocycles. The van der Waals surface area contributed by atoms with Crippen molar-refractivity contribution in [2.75, 3.05) is 0 Å². The summed E-state index contributed by atoms with van der Waals surface area (Å²) in [5.41, 5.74) is 0. The molecule has 1 nitrogen and oxygen atoms in total. The maximum atomic E-state index is 14.3. The summed E-state index contributed by atoms with van der Waals surface area (Å²) in [6, 6.07) is 0. The fraction of sp³-hybridized carbons (Fsp3) is 1.00. The minimum atomic E-state index is -3.10. The Hall–Kier alpha value is 0.618. The van der Waals surface area contributed by atoms with Crippen LogP contribution in [0.5, 0.6) is 0 Å². The topological polar surface area (TPSA) is 17.1 Å². The van der Waals surface area contributed by atoms with Crippen molar-refractivity contribution in [3.8, 4) is 0 Å². The standard InChI is InChI=1S/3C6H11.O.Sb/c3*1-6-4-2-3-5-6;;/h3*2,6H,3-5H2,1H3;;. The Balaban J connectivity index is 1.84. The molecule has 6 unspecified atom stereocenters. The van der Waals surface area contributed by atoms with Gasteiger partial charge in [0.1, 0.15) is 0 Å². The van der Waals surface area contributed by atoms with E-state index in [0.717, 1.165) is 17.8 Å². The van der Waals surface area contributed by atoms with E-state index >= 15 is 0 Å². The third kappa shape index (κ3) is 2.78. The summed E-state index contributed by atoms with van der Waals surface area (Å²) in [6.45, 7) is 7.16. The molecule has 0 bridgehead atoms. The summed E-state index contributed by atoms with van der Waals surface area (Å²) in [5, 5.41) is 0. The molecule has 3 aliphatic carbocycles. The first-order valence-electron chi connectivity index (χ1n) is 9.09. The minimum absolute atomic E-state index is 0.689. The second-order valence-corrected chi connectivity index (χ2v) is 19.1. The van der Waals surface area contributed by atoms with E-state index in [1.165, 1.54) is 57.8 Å². The molecule has 3 fully saturated rings. The molecule has 3 rings (SSSR count). The van der Waals surface area contributed by atoms with E-state index in [0.29, 0.717) is 11.6 Å². The van der Waals surface area contributed by atoms with E-state index in [1.54, 1.807) is 0 Å². The third-order valence-electron chi connectivity index (χ3n) is 6.71. The van der Waals surface area contributed by atoms with Crippen molar-refractivity contribution < 1.29 is 3.02 Å². The molecule has 0 amide bonds. The van der Waals surface area contributed by atoms with Crippen molar-refractivity contribution in [1.82, 2.24) is 0 Å². The van der Waals surface area contributed by atoms with Crippen molar-refractivity contribution in [1.29, 1.82) is 0 Å². The van der Waals surface area contributed by atoms with Crippen LogP contribution in [0.25, 0.3) is 0 Å². The zero-order valence-electron chi connectivity index (χ0n) is 13.7. The second kappa shape index (κ2) is 6.02. The number of hydrogen-bond donors (Lipinski definition) is 0. The van der Waals surface area contributed by atoms with Gasteiger partial charge in [-0.3, -0.25) is 0 Å². The SMILES string of the molecule is CC1CC[CH]([Sb](=[O])([CH]2CCC(C)C2)[CH]2CCC(C)C2)C1. The predicted octanol–water partition coefficient (Wildman–Crippen LogP) is 5.93. The fourth-order valence-electron chi connectivity index (χ4n) is 5.53. The fourth-order valence-corrected chi connectivity index (χ4v) is 21.3. The molecular formula is C18H33OSb. The molecule has 0 aromatic heterocycles. The Kier molecular flexibility index (Phi) is 4.67. The number of hydrogen-bond acceptors (Lipinski definition) is 1. The van der Waals surface area contributed by atoms with Crippen LogP contribution >= 0.6 is 0 Å². The quantitative estimate of drug-likeness (QED) is 0.549. The van der Waals surface area contributed by atoms with Crippen LogP contribution in [0, 0.1) is 17.8 Å². The zero-order chi connectivity index (χ0) is 14.3. The molecule has 0 aromatic carbocycles. The Bertz CT molecular complexity index is 334. The van der Waals surface area contributed by atoms with Crippen LogP contribution in [0.2, 0.25) is 11.6 Å². The molecule has 0 aliphatic heterocycles. The Morgan fingerprint density at radius 1 is 0.600 bits per heavy atom. The van der Waals surface area contributed by atoms with Gasteiger partial charge in [0.2, 0.25) is 0 Å². The third-order valence-corrected chi connectivity index (χ3v) is 20.5. The van der Waals surface area contributed by atoms with Gasteiger partial charge in [-0.05, 0) is 0 Å². The van der Waals surface area contributed by atoms with E-state index < -0.39 is 18.8 Å². The van der Waals surface area contributed by atoms with Crippen LogP contribution in [0.3, 0.4) is 0 Å². The first-order chi connectivity index (χ1) is 9.50. The molecule has 0 spiro atoms. The van der Waals surface area contributed by atoms with Crippen molar-refractivity contribution >= 4 is 18.8 Å². The monoisotopic (exact) mass is 386 g/mol. The Morgan fingerprint density at radius 3 is 1.10 bits per heavy atom. The van der Waals surface area contributed by atoms with E-state index in [1.807, 2.05) is 0 Å². The van der Waals surface area contributed by atoms with Crippen molar-refractivity contribution in [3.63, 3.8) is 0 Å². The maximum absolute atomic E-state index is 14.3. The van der Waals surface area contributed by atoms with Gasteiger partial charge in [-0.2, -0.15) is 0 Å². The molecule has 116 valence electrons. The summed E-state index contributed by atoms with van der Waals surface area (Å²) < 4.78 is 16.4. The van der Waals surface area contributed by atoms with Crippen LogP contribution in [0.1, 0.15) is 78.6 Å². The summed E-state index contributed by atoms with van der Waals surface area (Å²) in [7, 11) is 0. The first kappa shape index (κ1) is 15.5. The van der Waals surface area contributed by atoms with Gasteiger partial charge < -0.3 is 0 Å². The van der Waals surface area contributed by atoms with Gasteiger partial charge in [0, 0.05) is 0 Å². The van der Waals surface area contributed by atoms with E-state index in [2.05, 4.69) is 20.8 Å². The Morgan fingerprint density at radius 2 is 0.900 bits per heavy atom. The van der Waals surface area contributed by atoms with Gasteiger partial charge >= 0.3 is 130 Å². The average molecular weight is 387 g/mol. The predicted molar refractivity (Wildman–Crippen MR) is 86.7 cm³/mol. The Labute approximate surface area is 129 Å². The van der Waals surface area contributed by atoms with Crippen LogP contribution in [-0.4, -0.2) is 18.8 Å². The first-order valence-corrected chi connectivity index (χ1v) is 14.6. The molecule has 0 N–H and O–H groups in total. The van der Waals surface area contributed by atoms with E-state index in [-0.39, 0.29) is 0 Å². The van der Waals surface area contributed by atoms with Crippen molar-refractivity contribution in [2.45, 2.75) is 90.2 Å². The van der Waals surface area contributed by atoms with Crippen LogP contribution in [0.15, 0.2) is 0 Å². The molecule has 2 heteroatoms. The molecular weight excluding hydrogens is 354 g/mol. The van der Waals surface area contributed by atoms with Gasteiger partial charge in [0.15, 0.2) is 0 Å². The van der Waals surface area contributed by atoms with Gasteiger partial charge in [0.25, 0.3) is 0 Å². The molecule has 20 heavy (non-hydrogen) atoms. The summed E-state index contributed by atoms with van der Waals surface area (Å²) >= 11 is -3.10. The molecule has 3 saturated carbocycles. The van der Waals surface area contributed by atoms with Gasteiger partial charge in [-0.25, -0.2) is 0 Å². The molecule has 3 aliphatic rings. The van der Waals surface area contributed by atoms with E-state index in [9.17, 15) is 3.02 Å². The molecule has 0 saturated heterocycles. The number of rotatable bonds is 3. The van der Waals surface area contributed by atoms with Crippen molar-refractivity contribution in [2.24, 2.45) is 17.8 Å². The van der Waals surface area contributed by atoms with Crippen LogP contribution < -0.4 is 0 Å². The van der Waals surface area contributed by atoms with Gasteiger partial charge in [-0.15, -0.1) is 0 Å². The zero-order valence-corrected chi connectivity index (χ0v) is 16.2. The summed E-state index contributed by atoms with van der Waals surface area (Å²) in [5.74, 6) is 2.54. The van der Waals surface area contributed by atoms with E-state index in [4.69, 9.17) is 0 Å². The summed E-state index contributed by atoms with van der Waals surface area (Å²) in [4.78, 5) is 0. The second-order valence-electron chi connectivity index (χ2n) is 8.48. The van der Waals surface area contributed by atoms with Crippen LogP contribution in [-0.2, 0) is 3.02 Å². The van der Waals surface area contributed by atoms with Crippen molar-refractivity contribution in [3.05, 3.63) is 0 Å².